The fourth-order valence-corrected chi connectivity index (χ4v) is 8.67. The number of benzene rings is 6. The van der Waals surface area contributed by atoms with Gasteiger partial charge in [0.1, 0.15) is 0 Å². The normalized spacial score (nSPS) is 13.8. The highest BCUT2D eigenvalue weighted by Crippen LogP contribution is 2.52. The predicted octanol–water partition coefficient (Wildman–Crippen LogP) is 14.4. The molecule has 0 radical (unpaired) electrons. The fourth-order valence-electron chi connectivity index (χ4n) is 8.67. The van der Waals surface area contributed by atoms with Gasteiger partial charge in [0.25, 0.3) is 0 Å². The van der Waals surface area contributed by atoms with Crippen LogP contribution < -0.4 is 4.90 Å². The van der Waals surface area contributed by atoms with E-state index in [1.54, 1.807) is 6.08 Å². The molecule has 274 valence electrons. The van der Waals surface area contributed by atoms with Crippen LogP contribution in [0.3, 0.4) is 0 Å². The molecule has 7 aromatic rings. The van der Waals surface area contributed by atoms with E-state index in [2.05, 4.69) is 207 Å². The van der Waals surface area contributed by atoms with Crippen LogP contribution in [-0.4, -0.2) is 11.1 Å². The average Bonchev–Trinajstić information content (AvgIpc) is 3.69. The molecule has 2 nitrogen and oxygen atoms in total. The summed E-state index contributed by atoms with van der Waals surface area (Å²) < 4.78 is 2.34. The molecule has 0 saturated carbocycles. The third-order valence-corrected chi connectivity index (χ3v) is 11.3. The molecule has 0 amide bonds. The standard InChI is InChI=1S/C54H48N2/c1-6-8-11-20-39(3)56-51-29-18-16-25-47(51)49-38-44(34-35-52(49)56)55(37-36-41(21-12-9-7-2)40-22-13-10-14-23-40)43-32-30-42(31-33-43)45-26-19-27-48-46-24-15-17-28-50(46)54(4,5)53(45)48/h1,8-35,38H,7,36-37H2,2-5H3/b11-8-,12-9-,39-20+,41-21+. The van der Waals surface area contributed by atoms with Crippen molar-refractivity contribution in [1.82, 2.24) is 4.57 Å². The Morgan fingerprint density at radius 2 is 1.39 bits per heavy atom. The first kappa shape index (κ1) is 36.4. The van der Waals surface area contributed by atoms with Gasteiger partial charge in [-0.05, 0) is 113 Å². The topological polar surface area (TPSA) is 8.17 Å². The number of anilines is 2. The zero-order chi connectivity index (χ0) is 38.6. The highest BCUT2D eigenvalue weighted by molar-refractivity contribution is 6.11. The fraction of sp³-hybridized carbons (Fsp3) is 0.148. The van der Waals surface area contributed by atoms with Gasteiger partial charge in [0.15, 0.2) is 0 Å². The van der Waals surface area contributed by atoms with E-state index >= 15 is 0 Å². The lowest BCUT2D eigenvalue weighted by atomic mass is 9.79. The van der Waals surface area contributed by atoms with Gasteiger partial charge in [-0.25, -0.2) is 0 Å². The van der Waals surface area contributed by atoms with Gasteiger partial charge in [-0.3, -0.25) is 0 Å². The van der Waals surface area contributed by atoms with Crippen LogP contribution in [0.2, 0.25) is 0 Å². The molecule has 1 aliphatic rings. The van der Waals surface area contributed by atoms with Crippen molar-refractivity contribution < 1.29 is 0 Å². The minimum absolute atomic E-state index is 0.0840. The summed E-state index contributed by atoms with van der Waals surface area (Å²) in [5, 5.41) is 2.45. The number of allylic oxidation sites excluding steroid dienone is 7. The summed E-state index contributed by atoms with van der Waals surface area (Å²) in [6, 6.07) is 51.3. The van der Waals surface area contributed by atoms with Crippen molar-refractivity contribution in [3.8, 4) is 34.6 Å². The van der Waals surface area contributed by atoms with Crippen LogP contribution in [-0.2, 0) is 5.41 Å². The third-order valence-electron chi connectivity index (χ3n) is 11.3. The maximum absolute atomic E-state index is 5.52. The summed E-state index contributed by atoms with van der Waals surface area (Å²) >= 11 is 0. The van der Waals surface area contributed by atoms with Gasteiger partial charge in [-0.15, -0.1) is 6.42 Å². The molecule has 6 aromatic carbocycles. The van der Waals surface area contributed by atoms with E-state index < -0.39 is 0 Å². The first-order valence-corrected chi connectivity index (χ1v) is 19.8. The molecule has 0 N–H and O–H groups in total. The predicted molar refractivity (Wildman–Crippen MR) is 242 cm³/mol. The molecule has 0 atom stereocenters. The van der Waals surface area contributed by atoms with E-state index in [9.17, 15) is 0 Å². The largest absolute Gasteiger partial charge is 0.341 e. The monoisotopic (exact) mass is 724 g/mol. The lowest BCUT2D eigenvalue weighted by Gasteiger charge is -2.27. The molecule has 0 spiro atoms. The van der Waals surface area contributed by atoms with E-state index in [-0.39, 0.29) is 5.41 Å². The Kier molecular flexibility index (Phi) is 10.2. The van der Waals surface area contributed by atoms with E-state index in [1.165, 1.54) is 72.0 Å². The maximum Gasteiger partial charge on any atom is 0.0539 e. The molecule has 1 aromatic heterocycles. The molecule has 8 rings (SSSR count). The number of rotatable bonds is 11. The van der Waals surface area contributed by atoms with Gasteiger partial charge in [-0.2, -0.15) is 0 Å². The Morgan fingerprint density at radius 1 is 0.696 bits per heavy atom. The molecular weight excluding hydrogens is 677 g/mol. The van der Waals surface area contributed by atoms with Gasteiger partial charge in [0.2, 0.25) is 0 Å². The quantitative estimate of drug-likeness (QED) is 0.0952. The lowest BCUT2D eigenvalue weighted by Crippen LogP contribution is -2.19. The van der Waals surface area contributed by atoms with Gasteiger partial charge < -0.3 is 9.47 Å². The Hall–Kier alpha value is -6.56. The van der Waals surface area contributed by atoms with E-state index in [1.807, 2.05) is 6.08 Å². The molecule has 1 aliphatic carbocycles. The molecule has 0 fully saturated rings. The van der Waals surface area contributed by atoms with Crippen LogP contribution in [0.15, 0.2) is 176 Å². The summed E-state index contributed by atoms with van der Waals surface area (Å²) in [4.78, 5) is 2.49. The second-order valence-corrected chi connectivity index (χ2v) is 15.1. The second kappa shape index (κ2) is 15.7. The number of aromatic nitrogens is 1. The molecule has 2 heteroatoms. The van der Waals surface area contributed by atoms with Crippen molar-refractivity contribution in [1.29, 1.82) is 0 Å². The summed E-state index contributed by atoms with van der Waals surface area (Å²) in [5.41, 5.74) is 16.3. The Balaban J connectivity index is 1.23. The van der Waals surface area contributed by atoms with Crippen LogP contribution in [0.5, 0.6) is 0 Å². The van der Waals surface area contributed by atoms with Crippen molar-refractivity contribution in [3.05, 3.63) is 193 Å². The highest BCUT2D eigenvalue weighted by atomic mass is 15.1. The molecule has 0 unspecified atom stereocenters. The maximum atomic E-state index is 5.52. The van der Waals surface area contributed by atoms with E-state index in [4.69, 9.17) is 6.42 Å². The average molecular weight is 725 g/mol. The van der Waals surface area contributed by atoms with Gasteiger partial charge in [0, 0.05) is 39.8 Å². The number of terminal acetylenes is 1. The zero-order valence-corrected chi connectivity index (χ0v) is 32.8. The Morgan fingerprint density at radius 3 is 2.20 bits per heavy atom. The Labute approximate surface area is 332 Å². The summed E-state index contributed by atoms with van der Waals surface area (Å²) in [5.74, 6) is 2.61. The number of para-hydroxylation sites is 1. The third kappa shape index (κ3) is 6.71. The number of nitrogens with zero attached hydrogens (tertiary/aromatic N) is 2. The van der Waals surface area contributed by atoms with Crippen LogP contribution in [0, 0.1) is 12.3 Å². The highest BCUT2D eigenvalue weighted by Gasteiger charge is 2.37. The molecular formula is C54H48N2. The number of hydrogen-bond donors (Lipinski definition) is 0. The van der Waals surface area contributed by atoms with Gasteiger partial charge in [0.05, 0.1) is 11.0 Å². The number of fused-ring (bicyclic) bond motifs is 6. The number of hydrogen-bond acceptors (Lipinski definition) is 1. The molecule has 0 aliphatic heterocycles. The van der Waals surface area contributed by atoms with Crippen molar-refractivity contribution in [3.63, 3.8) is 0 Å². The van der Waals surface area contributed by atoms with Crippen molar-refractivity contribution in [2.75, 3.05) is 11.4 Å². The van der Waals surface area contributed by atoms with Crippen LogP contribution in [0.25, 0.3) is 55.3 Å². The van der Waals surface area contributed by atoms with E-state index in [0.717, 1.165) is 30.8 Å². The minimum atomic E-state index is -0.0840. The minimum Gasteiger partial charge on any atom is -0.341 e. The summed E-state index contributed by atoms with van der Waals surface area (Å²) in [7, 11) is 0. The summed E-state index contributed by atoms with van der Waals surface area (Å²) in [6.45, 7) is 9.86. The van der Waals surface area contributed by atoms with Gasteiger partial charge in [-0.1, -0.05) is 154 Å². The van der Waals surface area contributed by atoms with E-state index in [0.29, 0.717) is 0 Å². The zero-order valence-electron chi connectivity index (χ0n) is 32.8. The second-order valence-electron chi connectivity index (χ2n) is 15.1. The van der Waals surface area contributed by atoms with Crippen molar-refractivity contribution in [2.45, 2.75) is 46.0 Å². The molecule has 1 heterocycles. The van der Waals surface area contributed by atoms with Crippen LogP contribution in [0.1, 0.15) is 57.2 Å². The smallest absolute Gasteiger partial charge is 0.0539 e. The molecule has 0 bridgehead atoms. The van der Waals surface area contributed by atoms with Crippen LogP contribution in [0.4, 0.5) is 11.4 Å². The first-order chi connectivity index (χ1) is 27.4. The Bertz CT molecular complexity index is 2710. The first-order valence-electron chi connectivity index (χ1n) is 19.8. The summed E-state index contributed by atoms with van der Waals surface area (Å²) in [6.07, 6.45) is 19.9. The van der Waals surface area contributed by atoms with Gasteiger partial charge >= 0.3 is 0 Å². The molecule has 56 heavy (non-hydrogen) atoms. The van der Waals surface area contributed by atoms with Crippen molar-refractivity contribution in [2.24, 2.45) is 0 Å². The van der Waals surface area contributed by atoms with Crippen molar-refractivity contribution >= 4 is 44.5 Å². The SMILES string of the molecule is C#C/C=C\C=C(/C)n1c2ccccc2c2cc(N(CC/C(=C\C=C/CC)c3ccccc3)c3ccc(-c4cccc5c4C(C)(C)c4ccccc4-5)cc3)ccc21. The van der Waals surface area contributed by atoms with Crippen LogP contribution >= 0.6 is 0 Å². The lowest BCUT2D eigenvalue weighted by molar-refractivity contribution is 0.662. The molecule has 0 saturated heterocycles.